The lowest BCUT2D eigenvalue weighted by atomic mass is 9.84. The van der Waals surface area contributed by atoms with Crippen molar-refractivity contribution < 1.29 is 4.79 Å². The highest BCUT2D eigenvalue weighted by Gasteiger charge is 2.42. The Morgan fingerprint density at radius 1 is 1.35 bits per heavy atom. The number of amides is 1. The topological polar surface area (TPSA) is 72.7 Å². The maximum absolute atomic E-state index is 12.4. The number of aromatic nitrogens is 4. The highest BCUT2D eigenvalue weighted by atomic mass is 32.2. The number of tetrazole rings is 1. The summed E-state index contributed by atoms with van der Waals surface area (Å²) in [4.78, 5) is 12.4. The van der Waals surface area contributed by atoms with E-state index in [4.69, 9.17) is 0 Å². The molecule has 0 aliphatic heterocycles. The molecule has 1 amide bonds. The van der Waals surface area contributed by atoms with Crippen LogP contribution in [0.3, 0.4) is 0 Å². The molecule has 4 atom stereocenters. The minimum Gasteiger partial charge on any atom is -0.353 e. The molecular weight excluding hydrogens is 346 g/mol. The maximum atomic E-state index is 12.4. The van der Waals surface area contributed by atoms with E-state index >= 15 is 0 Å². The van der Waals surface area contributed by atoms with E-state index in [-0.39, 0.29) is 11.9 Å². The molecule has 6 nitrogen and oxygen atoms in total. The predicted octanol–water partition coefficient (Wildman–Crippen LogP) is 3.00. The number of carbonyl (C=O) groups excluding carboxylic acids is 1. The van der Waals surface area contributed by atoms with Crippen molar-refractivity contribution in [1.29, 1.82) is 0 Å². The lowest BCUT2D eigenvalue weighted by Crippen LogP contribution is -2.40. The summed E-state index contributed by atoms with van der Waals surface area (Å²) in [6.45, 7) is 4.18. The van der Waals surface area contributed by atoms with Crippen LogP contribution in [0.25, 0.3) is 5.69 Å². The van der Waals surface area contributed by atoms with Crippen LogP contribution in [0.2, 0.25) is 0 Å². The van der Waals surface area contributed by atoms with Gasteiger partial charge in [-0.25, -0.2) is 0 Å². The quantitative estimate of drug-likeness (QED) is 0.790. The van der Waals surface area contributed by atoms with E-state index in [1.807, 2.05) is 31.2 Å². The van der Waals surface area contributed by atoms with E-state index in [1.54, 1.807) is 4.68 Å². The van der Waals surface area contributed by atoms with Gasteiger partial charge in [-0.3, -0.25) is 4.79 Å². The smallest absolute Gasteiger partial charge is 0.230 e. The van der Waals surface area contributed by atoms with Crippen molar-refractivity contribution in [3.8, 4) is 5.69 Å². The van der Waals surface area contributed by atoms with Crippen LogP contribution in [0.4, 0.5) is 0 Å². The molecule has 0 radical (unpaired) electrons. The third-order valence-corrected chi connectivity index (χ3v) is 6.86. The Bertz CT molecular complexity index is 792. The van der Waals surface area contributed by atoms with Gasteiger partial charge in [0.1, 0.15) is 0 Å². The van der Waals surface area contributed by atoms with Gasteiger partial charge in [-0.05, 0) is 72.9 Å². The number of aryl methyl sites for hydroxylation is 1. The first kappa shape index (κ1) is 17.5. The van der Waals surface area contributed by atoms with Gasteiger partial charge in [-0.2, -0.15) is 4.68 Å². The number of fused-ring (bicyclic) bond motifs is 2. The molecule has 2 fully saturated rings. The van der Waals surface area contributed by atoms with E-state index in [9.17, 15) is 4.79 Å². The van der Waals surface area contributed by atoms with Crippen molar-refractivity contribution in [2.75, 3.05) is 5.75 Å². The summed E-state index contributed by atoms with van der Waals surface area (Å²) in [5.41, 5.74) is 2.03. The van der Waals surface area contributed by atoms with Gasteiger partial charge >= 0.3 is 0 Å². The summed E-state index contributed by atoms with van der Waals surface area (Å²) in [6.07, 6.45) is 5.38. The molecule has 138 valence electrons. The zero-order valence-corrected chi connectivity index (χ0v) is 16.1. The van der Waals surface area contributed by atoms with Crippen LogP contribution >= 0.6 is 11.8 Å². The van der Waals surface area contributed by atoms with E-state index < -0.39 is 0 Å². The fourth-order valence-corrected chi connectivity index (χ4v) is 5.36. The fourth-order valence-electron chi connectivity index (χ4n) is 4.66. The Hall–Kier alpha value is -1.89. The number of hydrogen-bond acceptors (Lipinski definition) is 5. The molecular formula is C19H25N5OS. The standard InChI is InChI=1S/C19H25N5OS/c1-12-5-3-4-6-17(12)24-19(21-22-23-24)26-11-18(25)20-13(2)16-10-14-7-8-15(16)9-14/h3-6,13-16H,7-11H2,1-2H3,(H,20,25)/t13-,14+,15+,16-/m1/s1. The molecule has 1 aromatic heterocycles. The van der Waals surface area contributed by atoms with Crippen molar-refractivity contribution in [1.82, 2.24) is 25.5 Å². The van der Waals surface area contributed by atoms with Crippen molar-refractivity contribution in [3.63, 3.8) is 0 Å². The molecule has 26 heavy (non-hydrogen) atoms. The van der Waals surface area contributed by atoms with Gasteiger partial charge in [-0.1, -0.05) is 36.4 Å². The normalized spacial score (nSPS) is 25.4. The van der Waals surface area contributed by atoms with Gasteiger partial charge < -0.3 is 5.32 Å². The van der Waals surface area contributed by atoms with E-state index in [1.165, 1.54) is 37.4 Å². The number of benzene rings is 1. The summed E-state index contributed by atoms with van der Waals surface area (Å²) in [5, 5.41) is 15.8. The molecule has 2 saturated carbocycles. The first-order valence-corrected chi connectivity index (χ1v) is 10.4. The number of hydrogen-bond donors (Lipinski definition) is 1. The van der Waals surface area contributed by atoms with Crippen LogP contribution in [0.1, 0.15) is 38.2 Å². The third-order valence-electron chi connectivity index (χ3n) is 5.94. The van der Waals surface area contributed by atoms with Gasteiger partial charge in [0.05, 0.1) is 11.4 Å². The van der Waals surface area contributed by atoms with Gasteiger partial charge in [0, 0.05) is 6.04 Å². The summed E-state index contributed by atoms with van der Waals surface area (Å²) in [7, 11) is 0. The van der Waals surface area contributed by atoms with Crippen LogP contribution in [0, 0.1) is 24.7 Å². The van der Waals surface area contributed by atoms with Crippen LogP contribution in [0.15, 0.2) is 29.4 Å². The third kappa shape index (κ3) is 3.49. The van der Waals surface area contributed by atoms with Crippen LogP contribution < -0.4 is 5.32 Å². The molecule has 1 N–H and O–H groups in total. The second-order valence-corrected chi connectivity index (χ2v) is 8.59. The van der Waals surface area contributed by atoms with E-state index in [0.29, 0.717) is 16.8 Å². The Kier molecular flexibility index (Phi) is 4.98. The number of carbonyl (C=O) groups is 1. The van der Waals surface area contributed by atoms with Gasteiger partial charge in [0.25, 0.3) is 0 Å². The second-order valence-electron chi connectivity index (χ2n) is 7.64. The number of thioether (sulfide) groups is 1. The molecule has 0 saturated heterocycles. The fraction of sp³-hybridized carbons (Fsp3) is 0.579. The highest BCUT2D eigenvalue weighted by Crippen LogP contribution is 2.49. The molecule has 4 rings (SSSR count). The number of rotatable bonds is 6. The molecule has 2 aliphatic carbocycles. The van der Waals surface area contributed by atoms with Crippen LogP contribution in [-0.2, 0) is 4.79 Å². The van der Waals surface area contributed by atoms with Crippen LogP contribution in [0.5, 0.6) is 0 Å². The van der Waals surface area contributed by atoms with Gasteiger partial charge in [0.2, 0.25) is 11.1 Å². The summed E-state index contributed by atoms with van der Waals surface area (Å²) < 4.78 is 1.70. The highest BCUT2D eigenvalue weighted by molar-refractivity contribution is 7.99. The SMILES string of the molecule is Cc1ccccc1-n1nnnc1SCC(=O)N[C@H](C)[C@H]1C[C@H]2CC[C@H]1C2. The minimum atomic E-state index is 0.0598. The van der Waals surface area contributed by atoms with Gasteiger partial charge in [-0.15, -0.1) is 5.10 Å². The summed E-state index contributed by atoms with van der Waals surface area (Å²) in [6, 6.07) is 8.20. The van der Waals surface area contributed by atoms with Crippen molar-refractivity contribution in [2.24, 2.45) is 17.8 Å². The lowest BCUT2D eigenvalue weighted by Gasteiger charge is -2.28. The Morgan fingerprint density at radius 2 is 2.19 bits per heavy atom. The number of nitrogens with one attached hydrogen (secondary N) is 1. The average molecular weight is 372 g/mol. The maximum Gasteiger partial charge on any atom is 0.230 e. The monoisotopic (exact) mass is 371 g/mol. The molecule has 0 spiro atoms. The molecule has 2 bridgehead atoms. The average Bonchev–Trinajstić information content (AvgIpc) is 3.37. The predicted molar refractivity (Wildman–Crippen MR) is 101 cm³/mol. The second kappa shape index (κ2) is 7.39. The van der Waals surface area contributed by atoms with Crippen molar-refractivity contribution in [3.05, 3.63) is 29.8 Å². The van der Waals surface area contributed by atoms with Crippen molar-refractivity contribution in [2.45, 2.75) is 50.7 Å². The molecule has 0 unspecified atom stereocenters. The first-order chi connectivity index (χ1) is 12.6. The summed E-state index contributed by atoms with van der Waals surface area (Å²) >= 11 is 1.38. The Morgan fingerprint density at radius 3 is 2.92 bits per heavy atom. The molecule has 1 heterocycles. The van der Waals surface area contributed by atoms with E-state index in [0.717, 1.165) is 23.1 Å². The summed E-state index contributed by atoms with van der Waals surface area (Å²) in [5.74, 6) is 2.76. The molecule has 2 aliphatic rings. The van der Waals surface area contributed by atoms with E-state index in [2.05, 4.69) is 27.8 Å². The zero-order valence-electron chi connectivity index (χ0n) is 15.3. The lowest BCUT2D eigenvalue weighted by molar-refractivity contribution is -0.119. The zero-order chi connectivity index (χ0) is 18.1. The van der Waals surface area contributed by atoms with Gasteiger partial charge in [0.15, 0.2) is 0 Å². The minimum absolute atomic E-state index is 0.0598. The molecule has 7 heteroatoms. The Labute approximate surface area is 158 Å². The largest absolute Gasteiger partial charge is 0.353 e. The van der Waals surface area contributed by atoms with Crippen molar-refractivity contribution >= 4 is 17.7 Å². The first-order valence-electron chi connectivity index (χ1n) is 9.38. The number of nitrogens with zero attached hydrogens (tertiary/aromatic N) is 4. The number of para-hydroxylation sites is 1. The molecule has 1 aromatic carbocycles. The Balaban J connectivity index is 1.34. The molecule has 2 aromatic rings. The van der Waals surface area contributed by atoms with Crippen LogP contribution in [-0.4, -0.2) is 37.9 Å².